The summed E-state index contributed by atoms with van der Waals surface area (Å²) in [6.45, 7) is 5.63. The van der Waals surface area contributed by atoms with Gasteiger partial charge in [-0.25, -0.2) is 4.79 Å². The SMILES string of the molecule is CCCCOC(=O)N1CCCCC1C. The summed E-state index contributed by atoms with van der Waals surface area (Å²) in [7, 11) is 0. The van der Waals surface area contributed by atoms with Gasteiger partial charge in [0.25, 0.3) is 0 Å². The second-order valence-electron chi connectivity index (χ2n) is 4.01. The van der Waals surface area contributed by atoms with Crippen LogP contribution in [0.5, 0.6) is 0 Å². The summed E-state index contributed by atoms with van der Waals surface area (Å²) in [6.07, 6.45) is 5.39. The highest BCUT2D eigenvalue weighted by Crippen LogP contribution is 2.17. The monoisotopic (exact) mass is 199 g/mol. The van der Waals surface area contributed by atoms with Gasteiger partial charge in [0.1, 0.15) is 0 Å². The third kappa shape index (κ3) is 3.20. The first-order chi connectivity index (χ1) is 6.75. The Kier molecular flexibility index (Phi) is 4.77. The fourth-order valence-corrected chi connectivity index (χ4v) is 1.76. The second kappa shape index (κ2) is 5.89. The van der Waals surface area contributed by atoms with E-state index in [-0.39, 0.29) is 6.09 Å². The molecule has 0 N–H and O–H groups in total. The normalized spacial score (nSPS) is 22.1. The van der Waals surface area contributed by atoms with Crippen LogP contribution in [0.25, 0.3) is 0 Å². The van der Waals surface area contributed by atoms with E-state index in [4.69, 9.17) is 4.74 Å². The molecule has 1 unspecified atom stereocenters. The highest BCUT2D eigenvalue weighted by Gasteiger charge is 2.23. The molecular formula is C11H21NO2. The van der Waals surface area contributed by atoms with Gasteiger partial charge in [-0.05, 0) is 32.6 Å². The molecule has 3 heteroatoms. The van der Waals surface area contributed by atoms with Gasteiger partial charge in [0, 0.05) is 12.6 Å². The lowest BCUT2D eigenvalue weighted by Gasteiger charge is -2.32. The Balaban J connectivity index is 2.27. The van der Waals surface area contributed by atoms with Gasteiger partial charge in [-0.1, -0.05) is 13.3 Å². The number of hydrogen-bond acceptors (Lipinski definition) is 2. The summed E-state index contributed by atoms with van der Waals surface area (Å²) in [5, 5.41) is 0. The van der Waals surface area contributed by atoms with Crippen molar-refractivity contribution in [1.82, 2.24) is 4.90 Å². The molecule has 0 spiro atoms. The van der Waals surface area contributed by atoms with Crippen LogP contribution in [0.15, 0.2) is 0 Å². The van der Waals surface area contributed by atoms with Crippen LogP contribution in [0.4, 0.5) is 4.79 Å². The van der Waals surface area contributed by atoms with Crippen LogP contribution >= 0.6 is 0 Å². The topological polar surface area (TPSA) is 29.5 Å². The summed E-state index contributed by atoms with van der Waals surface area (Å²) in [5.74, 6) is 0. The van der Waals surface area contributed by atoms with Crippen LogP contribution in [-0.2, 0) is 4.74 Å². The molecule has 0 aromatic heterocycles. The molecule has 0 aromatic carbocycles. The van der Waals surface area contributed by atoms with Gasteiger partial charge >= 0.3 is 6.09 Å². The number of rotatable bonds is 3. The lowest BCUT2D eigenvalue weighted by atomic mass is 10.0. The number of carbonyl (C=O) groups is 1. The molecule has 1 rings (SSSR count). The largest absolute Gasteiger partial charge is 0.449 e. The van der Waals surface area contributed by atoms with Gasteiger partial charge in [-0.2, -0.15) is 0 Å². The maximum atomic E-state index is 11.6. The first kappa shape index (κ1) is 11.3. The summed E-state index contributed by atoms with van der Waals surface area (Å²) in [5.41, 5.74) is 0. The quantitative estimate of drug-likeness (QED) is 0.654. The van der Waals surface area contributed by atoms with Crippen molar-refractivity contribution in [2.24, 2.45) is 0 Å². The molecule has 0 bridgehead atoms. The molecule has 1 fully saturated rings. The Morgan fingerprint density at radius 2 is 2.29 bits per heavy atom. The van der Waals surface area contributed by atoms with Crippen LogP contribution in [0, 0.1) is 0 Å². The van der Waals surface area contributed by atoms with Gasteiger partial charge in [0.2, 0.25) is 0 Å². The second-order valence-corrected chi connectivity index (χ2v) is 4.01. The van der Waals surface area contributed by atoms with Crippen molar-refractivity contribution in [3.8, 4) is 0 Å². The van der Waals surface area contributed by atoms with E-state index in [1.807, 2.05) is 4.90 Å². The third-order valence-electron chi connectivity index (χ3n) is 2.76. The van der Waals surface area contributed by atoms with Crippen molar-refractivity contribution < 1.29 is 9.53 Å². The summed E-state index contributed by atoms with van der Waals surface area (Å²) >= 11 is 0. The Labute approximate surface area is 86.4 Å². The molecule has 0 aromatic rings. The number of nitrogens with zero attached hydrogens (tertiary/aromatic N) is 1. The first-order valence-corrected chi connectivity index (χ1v) is 5.69. The van der Waals surface area contributed by atoms with Gasteiger partial charge in [0.05, 0.1) is 6.61 Å². The van der Waals surface area contributed by atoms with Gasteiger partial charge in [0.15, 0.2) is 0 Å². The van der Waals surface area contributed by atoms with Crippen LogP contribution in [-0.4, -0.2) is 30.2 Å². The van der Waals surface area contributed by atoms with E-state index in [9.17, 15) is 4.79 Å². The average Bonchev–Trinajstić information content (AvgIpc) is 2.18. The van der Waals surface area contributed by atoms with Crippen molar-refractivity contribution in [1.29, 1.82) is 0 Å². The van der Waals surface area contributed by atoms with Gasteiger partial charge in [-0.3, -0.25) is 0 Å². The molecule has 3 nitrogen and oxygen atoms in total. The van der Waals surface area contributed by atoms with Crippen molar-refractivity contribution in [2.75, 3.05) is 13.2 Å². The molecule has 14 heavy (non-hydrogen) atoms. The third-order valence-corrected chi connectivity index (χ3v) is 2.76. The van der Waals surface area contributed by atoms with E-state index < -0.39 is 0 Å². The lowest BCUT2D eigenvalue weighted by Crippen LogP contribution is -2.42. The molecule has 1 saturated heterocycles. The molecule has 1 heterocycles. The van der Waals surface area contributed by atoms with E-state index in [1.165, 1.54) is 6.42 Å². The van der Waals surface area contributed by atoms with Crippen LogP contribution in [0.2, 0.25) is 0 Å². The van der Waals surface area contributed by atoms with Gasteiger partial charge < -0.3 is 9.64 Å². The number of piperidine rings is 1. The molecule has 1 atom stereocenters. The summed E-state index contributed by atoms with van der Waals surface area (Å²) < 4.78 is 5.18. The Morgan fingerprint density at radius 3 is 2.93 bits per heavy atom. The molecule has 0 aliphatic carbocycles. The minimum Gasteiger partial charge on any atom is -0.449 e. The van der Waals surface area contributed by atoms with E-state index in [2.05, 4.69) is 13.8 Å². The van der Waals surface area contributed by atoms with Crippen molar-refractivity contribution in [3.63, 3.8) is 0 Å². The predicted octanol–water partition coefficient (Wildman–Crippen LogP) is 2.80. The van der Waals surface area contributed by atoms with E-state index >= 15 is 0 Å². The fraction of sp³-hybridized carbons (Fsp3) is 0.909. The summed E-state index contributed by atoms with van der Waals surface area (Å²) in [4.78, 5) is 13.4. The molecule has 82 valence electrons. The number of ether oxygens (including phenoxy) is 1. The summed E-state index contributed by atoms with van der Waals surface area (Å²) in [6, 6.07) is 0.359. The first-order valence-electron chi connectivity index (χ1n) is 5.69. The van der Waals surface area contributed by atoms with E-state index in [1.54, 1.807) is 0 Å². The zero-order chi connectivity index (χ0) is 10.4. The number of hydrogen-bond donors (Lipinski definition) is 0. The predicted molar refractivity (Wildman–Crippen MR) is 56.3 cm³/mol. The molecule has 1 aliphatic rings. The van der Waals surface area contributed by atoms with E-state index in [0.29, 0.717) is 12.6 Å². The zero-order valence-electron chi connectivity index (χ0n) is 9.29. The van der Waals surface area contributed by atoms with Crippen molar-refractivity contribution in [3.05, 3.63) is 0 Å². The Morgan fingerprint density at radius 1 is 1.50 bits per heavy atom. The molecule has 1 amide bonds. The number of carbonyl (C=O) groups excluding carboxylic acids is 1. The number of amides is 1. The zero-order valence-corrected chi connectivity index (χ0v) is 9.29. The number of unbranched alkanes of at least 4 members (excludes halogenated alkanes) is 1. The average molecular weight is 199 g/mol. The molecule has 0 saturated carbocycles. The van der Waals surface area contributed by atoms with Crippen LogP contribution in [0.3, 0.4) is 0 Å². The maximum absolute atomic E-state index is 11.6. The Hall–Kier alpha value is -0.730. The highest BCUT2D eigenvalue weighted by atomic mass is 16.6. The Bertz CT molecular complexity index is 182. The number of likely N-dealkylation sites (tertiary alicyclic amines) is 1. The maximum Gasteiger partial charge on any atom is 0.409 e. The molecular weight excluding hydrogens is 178 g/mol. The van der Waals surface area contributed by atoms with Crippen LogP contribution in [0.1, 0.15) is 46.0 Å². The van der Waals surface area contributed by atoms with Crippen molar-refractivity contribution in [2.45, 2.75) is 52.0 Å². The van der Waals surface area contributed by atoms with E-state index in [0.717, 1.165) is 32.2 Å². The highest BCUT2D eigenvalue weighted by molar-refractivity contribution is 5.68. The molecule has 0 radical (unpaired) electrons. The van der Waals surface area contributed by atoms with Crippen molar-refractivity contribution >= 4 is 6.09 Å². The smallest absolute Gasteiger partial charge is 0.409 e. The van der Waals surface area contributed by atoms with Gasteiger partial charge in [-0.15, -0.1) is 0 Å². The minimum absolute atomic E-state index is 0.120. The fourth-order valence-electron chi connectivity index (χ4n) is 1.76. The lowest BCUT2D eigenvalue weighted by molar-refractivity contribution is 0.0764. The minimum atomic E-state index is -0.120. The standard InChI is InChI=1S/C11H21NO2/c1-3-4-9-14-11(13)12-8-6-5-7-10(12)2/h10H,3-9H2,1-2H3. The molecule has 1 aliphatic heterocycles. The van der Waals surface area contributed by atoms with Crippen LogP contribution < -0.4 is 0 Å².